The Morgan fingerprint density at radius 3 is 2.62 bits per heavy atom. The van der Waals surface area contributed by atoms with Crippen LogP contribution in [0.1, 0.15) is 38.2 Å². The van der Waals surface area contributed by atoms with Crippen molar-refractivity contribution < 1.29 is 9.53 Å². The van der Waals surface area contributed by atoms with E-state index < -0.39 is 0 Å². The third-order valence-corrected chi connectivity index (χ3v) is 4.23. The predicted molar refractivity (Wildman–Crippen MR) is 85.2 cm³/mol. The average Bonchev–Trinajstić information content (AvgIpc) is 2.50. The van der Waals surface area contributed by atoms with Crippen LogP contribution in [0.25, 0.3) is 0 Å². The van der Waals surface area contributed by atoms with Crippen molar-refractivity contribution in [3.63, 3.8) is 0 Å². The van der Waals surface area contributed by atoms with Gasteiger partial charge in [-0.2, -0.15) is 0 Å². The summed E-state index contributed by atoms with van der Waals surface area (Å²) in [6.07, 6.45) is 5.22. The van der Waals surface area contributed by atoms with Crippen LogP contribution in [0.5, 0.6) is 0 Å². The molecule has 1 saturated heterocycles. The van der Waals surface area contributed by atoms with Crippen molar-refractivity contribution in [2.24, 2.45) is 5.92 Å². The first-order valence-corrected chi connectivity index (χ1v) is 8.20. The number of likely N-dealkylation sites (tertiary alicyclic amines) is 1. The monoisotopic (exact) mass is 289 g/mol. The molecule has 1 fully saturated rings. The Bertz CT molecular complexity index is 410. The van der Waals surface area contributed by atoms with Gasteiger partial charge in [0.2, 0.25) is 0 Å². The molecule has 0 amide bonds. The van der Waals surface area contributed by atoms with Gasteiger partial charge in [-0.15, -0.1) is 0 Å². The molecule has 0 atom stereocenters. The Kier molecular flexibility index (Phi) is 6.74. The predicted octanol–water partition coefficient (Wildman–Crippen LogP) is 3.28. The summed E-state index contributed by atoms with van der Waals surface area (Å²) in [4.78, 5) is 13.8. The number of carbonyl (C=O) groups is 1. The Morgan fingerprint density at radius 2 is 1.95 bits per heavy atom. The fourth-order valence-corrected chi connectivity index (χ4v) is 3.04. The lowest BCUT2D eigenvalue weighted by Crippen LogP contribution is -2.35. The lowest BCUT2D eigenvalue weighted by Gasteiger charge is -2.32. The largest absolute Gasteiger partial charge is 0.466 e. The molecular weight excluding hydrogens is 262 g/mol. The van der Waals surface area contributed by atoms with Gasteiger partial charge >= 0.3 is 5.97 Å². The molecule has 3 heteroatoms. The molecule has 3 nitrogen and oxygen atoms in total. The highest BCUT2D eigenvalue weighted by molar-refractivity contribution is 5.69. The highest BCUT2D eigenvalue weighted by Crippen LogP contribution is 2.21. The number of hydrogen-bond acceptors (Lipinski definition) is 3. The first kappa shape index (κ1) is 16.0. The van der Waals surface area contributed by atoms with Crippen molar-refractivity contribution in [1.82, 2.24) is 4.90 Å². The molecule has 1 aliphatic rings. The van der Waals surface area contributed by atoms with Gasteiger partial charge < -0.3 is 9.64 Å². The average molecular weight is 289 g/mol. The first-order chi connectivity index (χ1) is 10.3. The molecule has 0 aromatic heterocycles. The third-order valence-electron chi connectivity index (χ3n) is 4.23. The van der Waals surface area contributed by atoms with Gasteiger partial charge in [0.1, 0.15) is 0 Å². The second-order valence-electron chi connectivity index (χ2n) is 5.88. The second kappa shape index (κ2) is 8.83. The molecule has 1 aromatic rings. The Hall–Kier alpha value is -1.35. The topological polar surface area (TPSA) is 29.5 Å². The smallest absolute Gasteiger partial charge is 0.305 e. The summed E-state index contributed by atoms with van der Waals surface area (Å²) >= 11 is 0. The van der Waals surface area contributed by atoms with Crippen LogP contribution in [-0.4, -0.2) is 37.1 Å². The number of benzene rings is 1. The minimum absolute atomic E-state index is 0.0588. The summed E-state index contributed by atoms with van der Waals surface area (Å²) in [5.74, 6) is 0.755. The van der Waals surface area contributed by atoms with Gasteiger partial charge in [-0.25, -0.2) is 0 Å². The Balaban J connectivity index is 1.61. The number of piperidine rings is 1. The van der Waals surface area contributed by atoms with Gasteiger partial charge in [-0.1, -0.05) is 30.3 Å². The number of rotatable bonds is 7. The first-order valence-electron chi connectivity index (χ1n) is 8.20. The van der Waals surface area contributed by atoms with E-state index >= 15 is 0 Å². The highest BCUT2D eigenvalue weighted by atomic mass is 16.5. The molecule has 0 aliphatic carbocycles. The van der Waals surface area contributed by atoms with Crippen LogP contribution in [0.2, 0.25) is 0 Å². The SMILES string of the molecule is CCOC(=O)CCCN1CCC(Cc2ccccc2)CC1. The highest BCUT2D eigenvalue weighted by Gasteiger charge is 2.19. The fraction of sp³-hybridized carbons (Fsp3) is 0.611. The van der Waals surface area contributed by atoms with Crippen molar-refractivity contribution in [3.05, 3.63) is 35.9 Å². The summed E-state index contributed by atoms with van der Waals surface area (Å²) in [5, 5.41) is 0. The van der Waals surface area contributed by atoms with Crippen molar-refractivity contribution in [2.75, 3.05) is 26.2 Å². The standard InChI is InChI=1S/C18H27NO2/c1-2-21-18(20)9-6-12-19-13-10-17(11-14-19)15-16-7-4-3-5-8-16/h3-5,7-8,17H,2,6,9-15H2,1H3. The molecule has 0 saturated carbocycles. The molecular formula is C18H27NO2. The number of carbonyl (C=O) groups excluding carboxylic acids is 1. The Labute approximate surface area is 128 Å². The lowest BCUT2D eigenvalue weighted by atomic mass is 9.90. The van der Waals surface area contributed by atoms with Crippen LogP contribution in [0.15, 0.2) is 30.3 Å². The maximum Gasteiger partial charge on any atom is 0.305 e. The number of nitrogens with zero attached hydrogens (tertiary/aromatic N) is 1. The summed E-state index contributed by atoms with van der Waals surface area (Å²) in [5.41, 5.74) is 1.46. The van der Waals surface area contributed by atoms with Gasteiger partial charge in [0, 0.05) is 6.42 Å². The van der Waals surface area contributed by atoms with E-state index in [1.165, 1.54) is 37.9 Å². The van der Waals surface area contributed by atoms with Crippen LogP contribution in [0, 0.1) is 5.92 Å². The van der Waals surface area contributed by atoms with Gasteiger partial charge in [0.15, 0.2) is 0 Å². The maximum atomic E-state index is 11.3. The third kappa shape index (κ3) is 5.88. The summed E-state index contributed by atoms with van der Waals surface area (Å²) in [6.45, 7) is 5.71. The van der Waals surface area contributed by atoms with Crippen LogP contribution in [0.4, 0.5) is 0 Å². The van der Waals surface area contributed by atoms with E-state index in [4.69, 9.17) is 4.74 Å². The van der Waals surface area contributed by atoms with Gasteiger partial charge in [0.25, 0.3) is 0 Å². The normalized spacial score (nSPS) is 16.8. The molecule has 1 aliphatic heterocycles. The Morgan fingerprint density at radius 1 is 1.24 bits per heavy atom. The van der Waals surface area contributed by atoms with E-state index in [1.54, 1.807) is 0 Å². The minimum atomic E-state index is -0.0588. The molecule has 0 N–H and O–H groups in total. The van der Waals surface area contributed by atoms with Gasteiger partial charge in [0.05, 0.1) is 6.61 Å². The summed E-state index contributed by atoms with van der Waals surface area (Å²) < 4.78 is 4.96. The molecule has 2 rings (SSSR count). The van der Waals surface area contributed by atoms with Crippen molar-refractivity contribution >= 4 is 5.97 Å². The quantitative estimate of drug-likeness (QED) is 0.721. The molecule has 0 unspecified atom stereocenters. The van der Waals surface area contributed by atoms with Crippen molar-refractivity contribution in [3.8, 4) is 0 Å². The minimum Gasteiger partial charge on any atom is -0.466 e. The van der Waals surface area contributed by atoms with Gasteiger partial charge in [-0.3, -0.25) is 4.79 Å². The van der Waals surface area contributed by atoms with E-state index in [9.17, 15) is 4.79 Å². The van der Waals surface area contributed by atoms with E-state index in [-0.39, 0.29) is 5.97 Å². The van der Waals surface area contributed by atoms with Crippen LogP contribution >= 0.6 is 0 Å². The zero-order chi connectivity index (χ0) is 14.9. The molecule has 1 heterocycles. The van der Waals surface area contributed by atoms with Crippen LogP contribution in [0.3, 0.4) is 0 Å². The van der Waals surface area contributed by atoms with Gasteiger partial charge in [-0.05, 0) is 63.7 Å². The van der Waals surface area contributed by atoms with E-state index in [2.05, 4.69) is 35.2 Å². The van der Waals surface area contributed by atoms with Crippen LogP contribution in [-0.2, 0) is 16.0 Å². The molecule has 21 heavy (non-hydrogen) atoms. The molecule has 0 radical (unpaired) electrons. The molecule has 1 aromatic carbocycles. The van der Waals surface area contributed by atoms with E-state index in [1.807, 2.05) is 6.92 Å². The summed E-state index contributed by atoms with van der Waals surface area (Å²) in [6, 6.07) is 10.8. The molecule has 0 bridgehead atoms. The molecule has 116 valence electrons. The zero-order valence-electron chi connectivity index (χ0n) is 13.1. The molecule has 0 spiro atoms. The lowest BCUT2D eigenvalue weighted by molar-refractivity contribution is -0.143. The number of ether oxygens (including phenoxy) is 1. The zero-order valence-corrected chi connectivity index (χ0v) is 13.1. The van der Waals surface area contributed by atoms with E-state index in [0.717, 1.165) is 18.9 Å². The maximum absolute atomic E-state index is 11.3. The van der Waals surface area contributed by atoms with Crippen molar-refractivity contribution in [2.45, 2.75) is 39.0 Å². The number of hydrogen-bond donors (Lipinski definition) is 0. The fourth-order valence-electron chi connectivity index (χ4n) is 3.04. The second-order valence-corrected chi connectivity index (χ2v) is 5.88. The van der Waals surface area contributed by atoms with Crippen molar-refractivity contribution in [1.29, 1.82) is 0 Å². The summed E-state index contributed by atoms with van der Waals surface area (Å²) in [7, 11) is 0. The van der Waals surface area contributed by atoms with E-state index in [0.29, 0.717) is 13.0 Å². The van der Waals surface area contributed by atoms with Crippen LogP contribution < -0.4 is 0 Å². The number of esters is 1.